The second-order valence-corrected chi connectivity index (χ2v) is 3.86. The van der Waals surface area contributed by atoms with E-state index < -0.39 is 5.97 Å². The van der Waals surface area contributed by atoms with Gasteiger partial charge in [0.15, 0.2) is 0 Å². The van der Waals surface area contributed by atoms with Gasteiger partial charge in [0.25, 0.3) is 0 Å². The Balaban J connectivity index is 2.75. The van der Waals surface area contributed by atoms with Gasteiger partial charge in [-0.2, -0.15) is 5.26 Å². The van der Waals surface area contributed by atoms with Gasteiger partial charge < -0.3 is 10.0 Å². The topological polar surface area (TPSA) is 77.2 Å². The highest BCUT2D eigenvalue weighted by atomic mass is 16.4. The highest BCUT2D eigenvalue weighted by molar-refractivity contribution is 5.66. The fourth-order valence-corrected chi connectivity index (χ4v) is 1.54. The number of nitrogens with zero attached hydrogens (tertiary/aromatic N) is 3. The number of aryl methyl sites for hydroxylation is 1. The summed E-state index contributed by atoms with van der Waals surface area (Å²) in [7, 11) is 1.81. The molecule has 0 aliphatic rings. The molecule has 1 aromatic heterocycles. The van der Waals surface area contributed by atoms with Crippen LogP contribution in [-0.4, -0.2) is 29.7 Å². The van der Waals surface area contributed by atoms with Crippen LogP contribution < -0.4 is 4.90 Å². The Morgan fingerprint density at radius 3 is 2.94 bits per heavy atom. The third-order valence-electron chi connectivity index (χ3n) is 2.50. The number of rotatable bonds is 5. The van der Waals surface area contributed by atoms with Crippen molar-refractivity contribution in [3.63, 3.8) is 0 Å². The molecule has 0 amide bonds. The van der Waals surface area contributed by atoms with Crippen LogP contribution in [0.2, 0.25) is 0 Å². The monoisotopic (exact) mass is 233 g/mol. The highest BCUT2D eigenvalue weighted by Crippen LogP contribution is 2.18. The molecule has 0 saturated carbocycles. The summed E-state index contributed by atoms with van der Waals surface area (Å²) in [6.45, 7) is 2.42. The molecule has 1 N–H and O–H groups in total. The SMILES string of the molecule is Cc1ccnc(N(C)CCCC(=O)O)c1C#N. The molecule has 0 fully saturated rings. The minimum Gasteiger partial charge on any atom is -0.481 e. The van der Waals surface area contributed by atoms with Crippen molar-refractivity contribution in [2.24, 2.45) is 0 Å². The molecular weight excluding hydrogens is 218 g/mol. The van der Waals surface area contributed by atoms with Crippen LogP contribution in [0.1, 0.15) is 24.0 Å². The van der Waals surface area contributed by atoms with Crippen LogP contribution in [0.5, 0.6) is 0 Å². The molecule has 0 aliphatic carbocycles. The zero-order valence-electron chi connectivity index (χ0n) is 9.97. The number of aromatic nitrogens is 1. The molecular formula is C12H15N3O2. The first-order valence-corrected chi connectivity index (χ1v) is 5.35. The van der Waals surface area contributed by atoms with E-state index in [1.165, 1.54) is 0 Å². The van der Waals surface area contributed by atoms with Crippen LogP contribution in [0.3, 0.4) is 0 Å². The van der Waals surface area contributed by atoms with Crippen molar-refractivity contribution in [1.29, 1.82) is 5.26 Å². The molecule has 5 nitrogen and oxygen atoms in total. The normalized spacial score (nSPS) is 9.71. The molecule has 1 rings (SSSR count). The second-order valence-electron chi connectivity index (χ2n) is 3.86. The quantitative estimate of drug-likeness (QED) is 0.835. The highest BCUT2D eigenvalue weighted by Gasteiger charge is 2.11. The number of nitriles is 1. The average molecular weight is 233 g/mol. The number of aliphatic carboxylic acids is 1. The molecule has 90 valence electrons. The van der Waals surface area contributed by atoms with Crippen LogP contribution in [0.4, 0.5) is 5.82 Å². The van der Waals surface area contributed by atoms with Crippen molar-refractivity contribution >= 4 is 11.8 Å². The van der Waals surface area contributed by atoms with Crippen molar-refractivity contribution in [2.75, 3.05) is 18.5 Å². The summed E-state index contributed by atoms with van der Waals surface area (Å²) in [5, 5.41) is 17.6. The van der Waals surface area contributed by atoms with Crippen LogP contribution in [0.15, 0.2) is 12.3 Å². The second kappa shape index (κ2) is 5.85. The summed E-state index contributed by atoms with van der Waals surface area (Å²) >= 11 is 0. The number of carboxylic acid groups (broad SMARTS) is 1. The van der Waals surface area contributed by atoms with E-state index in [0.29, 0.717) is 24.3 Å². The molecule has 0 atom stereocenters. The maximum atomic E-state index is 10.4. The molecule has 0 unspecified atom stereocenters. The molecule has 1 aromatic rings. The van der Waals surface area contributed by atoms with E-state index in [0.717, 1.165) is 5.56 Å². The van der Waals surface area contributed by atoms with E-state index in [-0.39, 0.29) is 6.42 Å². The van der Waals surface area contributed by atoms with Crippen LogP contribution in [0.25, 0.3) is 0 Å². The fraction of sp³-hybridized carbons (Fsp3) is 0.417. The zero-order chi connectivity index (χ0) is 12.8. The lowest BCUT2D eigenvalue weighted by atomic mass is 10.1. The minimum atomic E-state index is -0.809. The first kappa shape index (κ1) is 13.0. The lowest BCUT2D eigenvalue weighted by molar-refractivity contribution is -0.137. The standard InChI is InChI=1S/C12H15N3O2/c1-9-5-6-14-12(10(9)8-13)15(2)7-3-4-11(16)17/h5-6H,3-4,7H2,1-2H3,(H,16,17). The predicted molar refractivity (Wildman–Crippen MR) is 63.8 cm³/mol. The number of anilines is 1. The van der Waals surface area contributed by atoms with Crippen molar-refractivity contribution in [2.45, 2.75) is 19.8 Å². The Kier molecular flexibility index (Phi) is 4.46. The summed E-state index contributed by atoms with van der Waals surface area (Å²) in [4.78, 5) is 16.4. The summed E-state index contributed by atoms with van der Waals surface area (Å²) in [5.74, 6) is -0.200. The first-order valence-electron chi connectivity index (χ1n) is 5.35. The fourth-order valence-electron chi connectivity index (χ4n) is 1.54. The average Bonchev–Trinajstić information content (AvgIpc) is 2.28. The van der Waals surface area contributed by atoms with Gasteiger partial charge in [0.2, 0.25) is 0 Å². The molecule has 0 spiro atoms. The third kappa shape index (κ3) is 3.45. The molecule has 1 heterocycles. The van der Waals surface area contributed by atoms with Crippen LogP contribution >= 0.6 is 0 Å². The summed E-state index contributed by atoms with van der Waals surface area (Å²) in [5.41, 5.74) is 1.42. The maximum absolute atomic E-state index is 10.4. The number of pyridine rings is 1. The van der Waals surface area contributed by atoms with Gasteiger partial charge in [-0.15, -0.1) is 0 Å². The summed E-state index contributed by atoms with van der Waals surface area (Å²) in [6, 6.07) is 3.91. The largest absolute Gasteiger partial charge is 0.481 e. The van der Waals surface area contributed by atoms with Crippen molar-refractivity contribution in [3.8, 4) is 6.07 Å². The molecule has 0 aliphatic heterocycles. The summed E-state index contributed by atoms with van der Waals surface area (Å²) < 4.78 is 0. The lowest BCUT2D eigenvalue weighted by Crippen LogP contribution is -2.21. The molecule has 0 aromatic carbocycles. The van der Waals surface area contributed by atoms with Gasteiger partial charge in [0, 0.05) is 26.2 Å². The van der Waals surface area contributed by atoms with Gasteiger partial charge in [0.05, 0.1) is 5.56 Å². The van der Waals surface area contributed by atoms with Gasteiger partial charge in [-0.05, 0) is 25.0 Å². The molecule has 0 saturated heterocycles. The number of hydrogen-bond acceptors (Lipinski definition) is 4. The van der Waals surface area contributed by atoms with E-state index in [9.17, 15) is 4.79 Å². The van der Waals surface area contributed by atoms with E-state index in [1.54, 1.807) is 12.3 Å². The Morgan fingerprint density at radius 1 is 1.65 bits per heavy atom. The molecule has 5 heteroatoms. The van der Waals surface area contributed by atoms with Gasteiger partial charge in [0.1, 0.15) is 11.9 Å². The Labute approximate surface area is 100 Å². The van der Waals surface area contributed by atoms with Gasteiger partial charge in [-0.3, -0.25) is 4.79 Å². The molecule has 0 bridgehead atoms. The Bertz CT molecular complexity index is 452. The van der Waals surface area contributed by atoms with Gasteiger partial charge >= 0.3 is 5.97 Å². The number of hydrogen-bond donors (Lipinski definition) is 1. The summed E-state index contributed by atoms with van der Waals surface area (Å²) in [6.07, 6.45) is 2.31. The minimum absolute atomic E-state index is 0.123. The van der Waals surface area contributed by atoms with Gasteiger partial charge in [-0.25, -0.2) is 4.98 Å². The smallest absolute Gasteiger partial charge is 0.303 e. The zero-order valence-corrected chi connectivity index (χ0v) is 9.97. The lowest BCUT2D eigenvalue weighted by Gasteiger charge is -2.19. The first-order chi connectivity index (χ1) is 8.06. The maximum Gasteiger partial charge on any atom is 0.303 e. The van der Waals surface area contributed by atoms with E-state index in [2.05, 4.69) is 11.1 Å². The Hall–Kier alpha value is -2.09. The van der Waals surface area contributed by atoms with Crippen LogP contribution in [-0.2, 0) is 4.79 Å². The number of carboxylic acids is 1. The van der Waals surface area contributed by atoms with Crippen molar-refractivity contribution < 1.29 is 9.90 Å². The van der Waals surface area contributed by atoms with Crippen LogP contribution in [0, 0.1) is 18.3 Å². The third-order valence-corrected chi connectivity index (χ3v) is 2.50. The molecule has 17 heavy (non-hydrogen) atoms. The van der Waals surface area contributed by atoms with E-state index in [1.807, 2.05) is 18.9 Å². The van der Waals surface area contributed by atoms with E-state index >= 15 is 0 Å². The van der Waals surface area contributed by atoms with E-state index in [4.69, 9.17) is 10.4 Å². The Morgan fingerprint density at radius 2 is 2.35 bits per heavy atom. The van der Waals surface area contributed by atoms with Gasteiger partial charge in [-0.1, -0.05) is 0 Å². The van der Waals surface area contributed by atoms with Crippen molar-refractivity contribution in [3.05, 3.63) is 23.4 Å². The molecule has 0 radical (unpaired) electrons. The number of carbonyl (C=O) groups is 1. The van der Waals surface area contributed by atoms with Crippen molar-refractivity contribution in [1.82, 2.24) is 4.98 Å². The predicted octanol–water partition coefficient (Wildman–Crippen LogP) is 1.56.